The van der Waals surface area contributed by atoms with Gasteiger partial charge in [0.05, 0.1) is 17.9 Å². The molecule has 1 heterocycles. The first-order valence-corrected chi connectivity index (χ1v) is 10.8. The van der Waals surface area contributed by atoms with Crippen LogP contribution in [-0.2, 0) is 9.59 Å². The second-order valence-electron chi connectivity index (χ2n) is 8.46. The summed E-state index contributed by atoms with van der Waals surface area (Å²) in [6, 6.07) is 21.4. The number of nitrogens with one attached hydrogen (secondary N) is 1. The van der Waals surface area contributed by atoms with Gasteiger partial charge in [0.25, 0.3) is 0 Å². The van der Waals surface area contributed by atoms with Crippen molar-refractivity contribution in [2.45, 2.75) is 26.7 Å². The Labute approximate surface area is 182 Å². The molecule has 6 nitrogen and oxygen atoms in total. The van der Waals surface area contributed by atoms with Gasteiger partial charge in [-0.05, 0) is 30.9 Å². The summed E-state index contributed by atoms with van der Waals surface area (Å²) < 4.78 is 1.73. The van der Waals surface area contributed by atoms with Gasteiger partial charge in [0.1, 0.15) is 5.82 Å². The van der Waals surface area contributed by atoms with E-state index in [-0.39, 0.29) is 24.3 Å². The Balaban J connectivity index is 1.58. The van der Waals surface area contributed by atoms with Crippen molar-refractivity contribution < 1.29 is 9.59 Å². The van der Waals surface area contributed by atoms with Gasteiger partial charge in [-0.3, -0.25) is 9.59 Å². The van der Waals surface area contributed by atoms with E-state index in [1.165, 1.54) is 0 Å². The number of rotatable bonds is 8. The molecule has 0 unspecified atom stereocenters. The quantitative estimate of drug-likeness (QED) is 0.593. The van der Waals surface area contributed by atoms with Crippen molar-refractivity contribution in [3.05, 3.63) is 66.7 Å². The van der Waals surface area contributed by atoms with E-state index in [1.54, 1.807) is 9.58 Å². The average Bonchev–Trinajstić information content (AvgIpc) is 3.54. The Hall–Kier alpha value is -3.41. The summed E-state index contributed by atoms with van der Waals surface area (Å²) in [6.45, 7) is 4.74. The zero-order valence-corrected chi connectivity index (χ0v) is 18.0. The van der Waals surface area contributed by atoms with Gasteiger partial charge in [0.2, 0.25) is 11.8 Å². The van der Waals surface area contributed by atoms with Gasteiger partial charge in [-0.15, -0.1) is 0 Å². The molecule has 1 fully saturated rings. The summed E-state index contributed by atoms with van der Waals surface area (Å²) in [5, 5.41) is 7.71. The number of amides is 2. The number of hydrogen-bond donors (Lipinski definition) is 1. The van der Waals surface area contributed by atoms with Crippen molar-refractivity contribution >= 4 is 17.6 Å². The maximum atomic E-state index is 12.9. The van der Waals surface area contributed by atoms with Crippen LogP contribution in [0.4, 0.5) is 5.82 Å². The van der Waals surface area contributed by atoms with Gasteiger partial charge in [0, 0.05) is 24.1 Å². The van der Waals surface area contributed by atoms with E-state index in [9.17, 15) is 9.59 Å². The zero-order chi connectivity index (χ0) is 21.8. The molecule has 1 N–H and O–H groups in total. The predicted molar refractivity (Wildman–Crippen MR) is 122 cm³/mol. The largest absolute Gasteiger partial charge is 0.333 e. The van der Waals surface area contributed by atoms with Crippen LogP contribution in [-0.4, -0.2) is 39.6 Å². The third kappa shape index (κ3) is 5.20. The lowest BCUT2D eigenvalue weighted by Gasteiger charge is -2.24. The third-order valence-electron chi connectivity index (χ3n) is 5.21. The van der Waals surface area contributed by atoms with E-state index in [4.69, 9.17) is 5.10 Å². The Morgan fingerprint density at radius 1 is 1.06 bits per heavy atom. The van der Waals surface area contributed by atoms with Crippen molar-refractivity contribution in [2.24, 2.45) is 11.8 Å². The molecule has 4 rings (SSSR count). The van der Waals surface area contributed by atoms with Crippen LogP contribution >= 0.6 is 0 Å². The van der Waals surface area contributed by atoms with Gasteiger partial charge >= 0.3 is 0 Å². The second kappa shape index (κ2) is 9.16. The molecule has 0 spiro atoms. The topological polar surface area (TPSA) is 67.2 Å². The summed E-state index contributed by atoms with van der Waals surface area (Å²) in [6.07, 6.45) is 1.85. The first-order chi connectivity index (χ1) is 15.0. The van der Waals surface area contributed by atoms with E-state index < -0.39 is 0 Å². The molecule has 0 atom stereocenters. The van der Waals surface area contributed by atoms with Gasteiger partial charge in [-0.1, -0.05) is 62.4 Å². The van der Waals surface area contributed by atoms with Crippen LogP contribution in [0.25, 0.3) is 16.9 Å². The standard InChI is InChI=1S/C25H28N4O2/c1-18(2)16-28(25(31)20-13-14-20)17-24(30)26-23-15-22(19-9-5-3-6-10-19)27-29(23)21-11-7-4-8-12-21/h3-12,15,18,20H,13-14,16-17H2,1-2H3,(H,26,30). The number of anilines is 1. The average molecular weight is 417 g/mol. The first kappa shape index (κ1) is 20.8. The lowest BCUT2D eigenvalue weighted by atomic mass is 10.1. The molecule has 0 radical (unpaired) electrons. The molecule has 6 heteroatoms. The molecule has 1 aromatic heterocycles. The summed E-state index contributed by atoms with van der Waals surface area (Å²) in [5.74, 6) is 0.844. The van der Waals surface area contributed by atoms with Crippen molar-refractivity contribution in [2.75, 3.05) is 18.4 Å². The molecule has 1 aliphatic rings. The molecule has 1 saturated carbocycles. The maximum Gasteiger partial charge on any atom is 0.245 e. The molecule has 0 aliphatic heterocycles. The summed E-state index contributed by atoms with van der Waals surface area (Å²) in [7, 11) is 0. The molecule has 2 aromatic carbocycles. The van der Waals surface area contributed by atoms with E-state index in [1.807, 2.05) is 66.7 Å². The van der Waals surface area contributed by atoms with Gasteiger partial charge in [-0.25, -0.2) is 4.68 Å². The van der Waals surface area contributed by atoms with Crippen LogP contribution in [0.5, 0.6) is 0 Å². The maximum absolute atomic E-state index is 12.9. The van der Waals surface area contributed by atoms with Crippen molar-refractivity contribution in [3.63, 3.8) is 0 Å². The highest BCUT2D eigenvalue weighted by Gasteiger charge is 2.34. The number of carbonyl (C=O) groups excluding carboxylic acids is 2. The number of aromatic nitrogens is 2. The molecule has 3 aromatic rings. The zero-order valence-electron chi connectivity index (χ0n) is 18.0. The Kier molecular flexibility index (Phi) is 6.16. The van der Waals surface area contributed by atoms with Gasteiger partial charge < -0.3 is 10.2 Å². The fourth-order valence-electron chi connectivity index (χ4n) is 3.60. The summed E-state index contributed by atoms with van der Waals surface area (Å²) in [4.78, 5) is 27.3. The van der Waals surface area contributed by atoms with Crippen LogP contribution in [0, 0.1) is 11.8 Å². The number of benzene rings is 2. The van der Waals surface area contributed by atoms with E-state index in [0.717, 1.165) is 29.8 Å². The molecule has 1 aliphatic carbocycles. The van der Waals surface area contributed by atoms with Crippen molar-refractivity contribution in [3.8, 4) is 16.9 Å². The van der Waals surface area contributed by atoms with Crippen LogP contribution in [0.3, 0.4) is 0 Å². The molecular weight excluding hydrogens is 388 g/mol. The fourth-order valence-corrected chi connectivity index (χ4v) is 3.60. The minimum atomic E-state index is -0.216. The lowest BCUT2D eigenvalue weighted by Crippen LogP contribution is -2.41. The van der Waals surface area contributed by atoms with Crippen molar-refractivity contribution in [1.82, 2.24) is 14.7 Å². The first-order valence-electron chi connectivity index (χ1n) is 10.8. The Morgan fingerprint density at radius 2 is 1.71 bits per heavy atom. The minimum absolute atomic E-state index is 0.0498. The van der Waals surface area contributed by atoms with Gasteiger partial charge in [-0.2, -0.15) is 5.10 Å². The predicted octanol–water partition coefficient (Wildman–Crippen LogP) is 4.37. The second-order valence-corrected chi connectivity index (χ2v) is 8.46. The molecule has 2 amide bonds. The smallest absolute Gasteiger partial charge is 0.245 e. The fraction of sp³-hybridized carbons (Fsp3) is 0.320. The number of nitrogens with zero attached hydrogens (tertiary/aromatic N) is 3. The molecule has 0 saturated heterocycles. The summed E-state index contributed by atoms with van der Waals surface area (Å²) >= 11 is 0. The Bertz CT molecular complexity index is 1040. The van der Waals surface area contributed by atoms with E-state index in [2.05, 4.69) is 19.2 Å². The minimum Gasteiger partial charge on any atom is -0.333 e. The van der Waals surface area contributed by atoms with Crippen LogP contribution in [0.2, 0.25) is 0 Å². The number of carbonyl (C=O) groups is 2. The monoisotopic (exact) mass is 416 g/mol. The lowest BCUT2D eigenvalue weighted by molar-refractivity contribution is -0.136. The molecule has 160 valence electrons. The normalized spacial score (nSPS) is 13.3. The van der Waals surface area contributed by atoms with Crippen LogP contribution in [0.15, 0.2) is 66.7 Å². The molecular formula is C25H28N4O2. The highest BCUT2D eigenvalue weighted by Crippen LogP contribution is 2.31. The Morgan fingerprint density at radius 3 is 2.32 bits per heavy atom. The SMILES string of the molecule is CC(C)CN(CC(=O)Nc1cc(-c2ccccc2)nn1-c1ccccc1)C(=O)C1CC1. The van der Waals surface area contributed by atoms with E-state index >= 15 is 0 Å². The highest BCUT2D eigenvalue weighted by molar-refractivity contribution is 5.95. The number of hydrogen-bond acceptors (Lipinski definition) is 3. The van der Waals surface area contributed by atoms with Crippen LogP contribution < -0.4 is 5.32 Å². The number of para-hydroxylation sites is 1. The molecule has 31 heavy (non-hydrogen) atoms. The third-order valence-corrected chi connectivity index (χ3v) is 5.21. The van der Waals surface area contributed by atoms with E-state index in [0.29, 0.717) is 18.3 Å². The molecule has 0 bridgehead atoms. The van der Waals surface area contributed by atoms with Crippen LogP contribution in [0.1, 0.15) is 26.7 Å². The summed E-state index contributed by atoms with van der Waals surface area (Å²) in [5.41, 5.74) is 2.60. The highest BCUT2D eigenvalue weighted by atomic mass is 16.2. The van der Waals surface area contributed by atoms with Gasteiger partial charge in [0.15, 0.2) is 0 Å². The van der Waals surface area contributed by atoms with Crippen molar-refractivity contribution in [1.29, 1.82) is 0 Å².